The highest BCUT2D eigenvalue weighted by molar-refractivity contribution is 4.43. The van der Waals surface area contributed by atoms with E-state index in [0.717, 1.165) is 17.8 Å². The largest absolute Gasteiger partial charge is 1.00 e. The Morgan fingerprint density at radius 3 is 1.72 bits per heavy atom. The molecule has 0 aromatic rings. The van der Waals surface area contributed by atoms with Crippen LogP contribution in [-0.2, 0) is 4.74 Å². The van der Waals surface area contributed by atoms with E-state index >= 15 is 0 Å². The number of unbranched alkanes of at least 4 members (excludes halogenated alkanes) is 5. The van der Waals surface area contributed by atoms with Gasteiger partial charge < -0.3 is 21.6 Å². The maximum absolute atomic E-state index is 5.85. The van der Waals surface area contributed by atoms with Crippen molar-refractivity contribution < 1.29 is 21.6 Å². The highest BCUT2D eigenvalue weighted by Gasteiger charge is 2.20. The molecule has 0 atom stereocenters. The van der Waals surface area contributed by atoms with Crippen LogP contribution in [0.2, 0.25) is 0 Å². The molecule has 0 aliphatic rings. The summed E-state index contributed by atoms with van der Waals surface area (Å²) in [6.07, 6.45) is 8.08. The zero-order valence-electron chi connectivity index (χ0n) is 13.0. The van der Waals surface area contributed by atoms with Crippen LogP contribution in [0.5, 0.6) is 0 Å². The smallest absolute Gasteiger partial charge is 0.183 e. The van der Waals surface area contributed by atoms with Crippen molar-refractivity contribution >= 4 is 0 Å². The molecule has 3 heteroatoms. The minimum Gasteiger partial charge on any atom is -1.00 e. The van der Waals surface area contributed by atoms with Gasteiger partial charge in [-0.3, -0.25) is 0 Å². The SMILES string of the molecule is CCCCCCCCOC[N+](CC)(CC)CC.[Cl-]. The van der Waals surface area contributed by atoms with Gasteiger partial charge in [0.05, 0.1) is 26.2 Å². The molecule has 0 fully saturated rings. The Labute approximate surface area is 121 Å². The van der Waals surface area contributed by atoms with E-state index in [1.807, 2.05) is 0 Å². The summed E-state index contributed by atoms with van der Waals surface area (Å²) in [6, 6.07) is 0. The molecule has 0 aromatic carbocycles. The molecule has 0 unspecified atom stereocenters. The van der Waals surface area contributed by atoms with Crippen molar-refractivity contribution in [1.29, 1.82) is 0 Å². The highest BCUT2D eigenvalue weighted by atomic mass is 35.5. The lowest BCUT2D eigenvalue weighted by Crippen LogP contribution is -3.00. The summed E-state index contributed by atoms with van der Waals surface area (Å²) >= 11 is 0. The van der Waals surface area contributed by atoms with Gasteiger partial charge in [0.15, 0.2) is 6.73 Å². The quantitative estimate of drug-likeness (QED) is 0.296. The van der Waals surface area contributed by atoms with E-state index in [-0.39, 0.29) is 12.4 Å². The van der Waals surface area contributed by atoms with Gasteiger partial charge in [0.1, 0.15) is 0 Å². The number of rotatable bonds is 12. The minimum atomic E-state index is 0. The molecule has 0 aromatic heterocycles. The van der Waals surface area contributed by atoms with Gasteiger partial charge in [-0.15, -0.1) is 0 Å². The van der Waals surface area contributed by atoms with Gasteiger partial charge in [0, 0.05) is 0 Å². The Hall–Kier alpha value is 0.210. The van der Waals surface area contributed by atoms with E-state index in [2.05, 4.69) is 27.7 Å². The molecular formula is C15H34ClNO. The summed E-state index contributed by atoms with van der Waals surface area (Å²) in [4.78, 5) is 0. The Morgan fingerprint density at radius 1 is 0.722 bits per heavy atom. The second-order valence-corrected chi connectivity index (χ2v) is 5.10. The molecule has 18 heavy (non-hydrogen) atoms. The van der Waals surface area contributed by atoms with Gasteiger partial charge in [-0.2, -0.15) is 0 Å². The number of halogens is 1. The van der Waals surface area contributed by atoms with Crippen LogP contribution in [0, 0.1) is 0 Å². The van der Waals surface area contributed by atoms with Crippen molar-refractivity contribution in [1.82, 2.24) is 0 Å². The molecule has 0 amide bonds. The van der Waals surface area contributed by atoms with Crippen molar-refractivity contribution in [2.45, 2.75) is 66.2 Å². The third kappa shape index (κ3) is 9.18. The van der Waals surface area contributed by atoms with Crippen molar-refractivity contribution in [2.75, 3.05) is 33.0 Å². The van der Waals surface area contributed by atoms with Crippen LogP contribution in [0.1, 0.15) is 66.2 Å². The lowest BCUT2D eigenvalue weighted by Gasteiger charge is -2.35. The van der Waals surface area contributed by atoms with Gasteiger partial charge in [-0.05, 0) is 27.2 Å². The van der Waals surface area contributed by atoms with E-state index in [0.29, 0.717) is 0 Å². The van der Waals surface area contributed by atoms with E-state index in [1.165, 1.54) is 58.2 Å². The molecule has 0 heterocycles. The Balaban J connectivity index is 0. The molecule has 0 aliphatic carbocycles. The molecule has 0 N–H and O–H groups in total. The average molecular weight is 280 g/mol. The van der Waals surface area contributed by atoms with Crippen LogP contribution in [0.15, 0.2) is 0 Å². The van der Waals surface area contributed by atoms with Crippen LogP contribution in [0.4, 0.5) is 0 Å². The summed E-state index contributed by atoms with van der Waals surface area (Å²) in [5, 5.41) is 0. The van der Waals surface area contributed by atoms with Crippen molar-refractivity contribution in [3.8, 4) is 0 Å². The van der Waals surface area contributed by atoms with E-state index in [4.69, 9.17) is 4.74 Å². The fourth-order valence-corrected chi connectivity index (χ4v) is 2.19. The number of ether oxygens (including phenoxy) is 1. The molecule has 0 rings (SSSR count). The van der Waals surface area contributed by atoms with Crippen LogP contribution in [0.3, 0.4) is 0 Å². The summed E-state index contributed by atoms with van der Waals surface area (Å²) in [5.41, 5.74) is 0. The van der Waals surface area contributed by atoms with E-state index in [9.17, 15) is 0 Å². The third-order valence-corrected chi connectivity index (χ3v) is 4.02. The molecule has 112 valence electrons. The minimum absolute atomic E-state index is 0. The van der Waals surface area contributed by atoms with Gasteiger partial charge in [0.2, 0.25) is 0 Å². The first kappa shape index (κ1) is 20.5. The lowest BCUT2D eigenvalue weighted by molar-refractivity contribution is -0.941. The van der Waals surface area contributed by atoms with Gasteiger partial charge in [0.25, 0.3) is 0 Å². The Morgan fingerprint density at radius 2 is 1.22 bits per heavy atom. The molecule has 0 radical (unpaired) electrons. The number of quaternary nitrogens is 1. The topological polar surface area (TPSA) is 9.23 Å². The molecule has 2 nitrogen and oxygen atoms in total. The maximum atomic E-state index is 5.85. The summed E-state index contributed by atoms with van der Waals surface area (Å²) in [5.74, 6) is 0. The third-order valence-electron chi connectivity index (χ3n) is 4.02. The second-order valence-electron chi connectivity index (χ2n) is 5.10. The average Bonchev–Trinajstić information content (AvgIpc) is 2.38. The Kier molecular flexibility index (Phi) is 15.6. The van der Waals surface area contributed by atoms with Gasteiger partial charge in [-0.1, -0.05) is 39.0 Å². The van der Waals surface area contributed by atoms with Crippen LogP contribution >= 0.6 is 0 Å². The maximum Gasteiger partial charge on any atom is 0.183 e. The van der Waals surface area contributed by atoms with E-state index < -0.39 is 0 Å². The molecule has 0 bridgehead atoms. The summed E-state index contributed by atoms with van der Waals surface area (Å²) < 4.78 is 6.96. The zero-order valence-corrected chi connectivity index (χ0v) is 13.8. The normalized spacial score (nSPS) is 11.3. The number of hydrogen-bond acceptors (Lipinski definition) is 1. The van der Waals surface area contributed by atoms with Crippen LogP contribution in [-0.4, -0.2) is 37.5 Å². The first-order valence-corrected chi connectivity index (χ1v) is 7.67. The monoisotopic (exact) mass is 279 g/mol. The zero-order chi connectivity index (χ0) is 13.0. The lowest BCUT2D eigenvalue weighted by atomic mass is 10.1. The predicted octanol–water partition coefficient (Wildman–Crippen LogP) is 1.20. The molecule has 0 spiro atoms. The number of nitrogens with zero attached hydrogens (tertiary/aromatic N) is 1. The summed E-state index contributed by atoms with van der Waals surface area (Å²) in [6.45, 7) is 14.5. The molecule has 0 aliphatic heterocycles. The fraction of sp³-hybridized carbons (Fsp3) is 1.00. The van der Waals surface area contributed by atoms with Gasteiger partial charge in [-0.25, -0.2) is 0 Å². The van der Waals surface area contributed by atoms with Gasteiger partial charge >= 0.3 is 0 Å². The molecular weight excluding hydrogens is 246 g/mol. The summed E-state index contributed by atoms with van der Waals surface area (Å²) in [7, 11) is 0. The first-order chi connectivity index (χ1) is 8.24. The van der Waals surface area contributed by atoms with E-state index in [1.54, 1.807) is 0 Å². The highest BCUT2D eigenvalue weighted by Crippen LogP contribution is 2.08. The standard InChI is InChI=1S/C15H34NO.ClH/c1-5-9-10-11-12-13-14-17-15-16(6-2,7-3)8-4;/h5-15H2,1-4H3;1H/q+1;/p-1. The fourth-order valence-electron chi connectivity index (χ4n) is 2.19. The predicted molar refractivity (Wildman–Crippen MR) is 76.1 cm³/mol. The van der Waals surface area contributed by atoms with Crippen molar-refractivity contribution in [3.05, 3.63) is 0 Å². The molecule has 0 saturated carbocycles. The van der Waals surface area contributed by atoms with Crippen LogP contribution in [0.25, 0.3) is 0 Å². The number of hydrogen-bond donors (Lipinski definition) is 0. The molecule has 0 saturated heterocycles. The van der Waals surface area contributed by atoms with Crippen molar-refractivity contribution in [2.24, 2.45) is 0 Å². The Bertz CT molecular complexity index is 152. The van der Waals surface area contributed by atoms with Crippen molar-refractivity contribution in [3.63, 3.8) is 0 Å². The second kappa shape index (κ2) is 13.6. The first-order valence-electron chi connectivity index (χ1n) is 7.67. The van der Waals surface area contributed by atoms with Crippen LogP contribution < -0.4 is 12.4 Å².